The number of rotatable bonds is 7. The SMILES string of the molecule is CC(NC(=O)c1ccc(N(C)S(=O)(=O)c2ccc(Cl)cc2)cc1)c1ccc(S(C)(=O)=O)cc1. The molecule has 1 unspecified atom stereocenters. The first-order chi connectivity index (χ1) is 15.4. The molecule has 33 heavy (non-hydrogen) atoms. The van der Waals surface area contributed by atoms with Gasteiger partial charge in [-0.05, 0) is 73.2 Å². The molecular weight excluding hydrogens is 484 g/mol. The number of benzene rings is 3. The van der Waals surface area contributed by atoms with E-state index >= 15 is 0 Å². The third kappa shape index (κ3) is 5.73. The molecule has 0 bridgehead atoms. The highest BCUT2D eigenvalue weighted by Crippen LogP contribution is 2.24. The number of nitrogens with one attached hydrogen (secondary N) is 1. The number of anilines is 1. The number of hydrogen-bond donors (Lipinski definition) is 1. The van der Waals surface area contributed by atoms with Crippen molar-refractivity contribution in [3.05, 3.63) is 88.9 Å². The molecule has 1 atom stereocenters. The summed E-state index contributed by atoms with van der Waals surface area (Å²) in [5.74, 6) is -0.343. The summed E-state index contributed by atoms with van der Waals surface area (Å²) in [6, 6.07) is 18.0. The maximum absolute atomic E-state index is 12.8. The lowest BCUT2D eigenvalue weighted by molar-refractivity contribution is 0.0940. The fourth-order valence-corrected chi connectivity index (χ4v) is 5.05. The molecule has 0 radical (unpaired) electrons. The van der Waals surface area contributed by atoms with Crippen LogP contribution in [0.15, 0.2) is 82.6 Å². The van der Waals surface area contributed by atoms with Crippen molar-refractivity contribution in [3.8, 4) is 0 Å². The molecule has 0 aliphatic heterocycles. The van der Waals surface area contributed by atoms with Gasteiger partial charge in [-0.15, -0.1) is 0 Å². The molecule has 10 heteroatoms. The minimum Gasteiger partial charge on any atom is -0.346 e. The third-order valence-electron chi connectivity index (χ3n) is 5.12. The lowest BCUT2D eigenvalue weighted by Gasteiger charge is -2.20. The summed E-state index contributed by atoms with van der Waals surface area (Å²) in [5, 5.41) is 3.29. The third-order valence-corrected chi connectivity index (χ3v) is 8.30. The van der Waals surface area contributed by atoms with E-state index < -0.39 is 19.9 Å². The van der Waals surface area contributed by atoms with Gasteiger partial charge in [0.25, 0.3) is 15.9 Å². The maximum Gasteiger partial charge on any atom is 0.264 e. The lowest BCUT2D eigenvalue weighted by Crippen LogP contribution is -2.28. The molecule has 0 heterocycles. The van der Waals surface area contributed by atoms with Crippen LogP contribution < -0.4 is 9.62 Å². The van der Waals surface area contributed by atoms with Gasteiger partial charge < -0.3 is 5.32 Å². The van der Waals surface area contributed by atoms with E-state index in [1.807, 2.05) is 0 Å². The lowest BCUT2D eigenvalue weighted by atomic mass is 10.1. The monoisotopic (exact) mass is 506 g/mol. The van der Waals surface area contributed by atoms with Crippen LogP contribution in [0.4, 0.5) is 5.69 Å². The van der Waals surface area contributed by atoms with Crippen molar-refractivity contribution in [2.75, 3.05) is 17.6 Å². The van der Waals surface area contributed by atoms with Gasteiger partial charge in [0.15, 0.2) is 9.84 Å². The minimum absolute atomic E-state index is 0.104. The molecule has 0 aromatic heterocycles. The second-order valence-corrected chi connectivity index (χ2v) is 11.9. The van der Waals surface area contributed by atoms with E-state index in [0.29, 0.717) is 16.3 Å². The first-order valence-electron chi connectivity index (χ1n) is 9.85. The minimum atomic E-state index is -3.78. The summed E-state index contributed by atoms with van der Waals surface area (Å²) in [4.78, 5) is 12.9. The van der Waals surface area contributed by atoms with Gasteiger partial charge in [0.1, 0.15) is 0 Å². The van der Waals surface area contributed by atoms with E-state index in [2.05, 4.69) is 5.32 Å². The number of sulfone groups is 1. The molecule has 0 aliphatic rings. The Labute approximate surface area is 199 Å². The molecule has 0 saturated heterocycles. The Balaban J connectivity index is 1.71. The van der Waals surface area contributed by atoms with Crippen LogP contribution in [0.2, 0.25) is 5.02 Å². The second kappa shape index (κ2) is 9.54. The molecule has 0 saturated carbocycles. The molecule has 3 aromatic carbocycles. The van der Waals surface area contributed by atoms with Crippen molar-refractivity contribution < 1.29 is 21.6 Å². The summed E-state index contributed by atoms with van der Waals surface area (Å²) >= 11 is 5.83. The van der Waals surface area contributed by atoms with E-state index in [-0.39, 0.29) is 21.7 Å². The van der Waals surface area contributed by atoms with Crippen LogP contribution in [0.3, 0.4) is 0 Å². The molecule has 174 valence electrons. The Morgan fingerprint density at radius 2 is 1.36 bits per heavy atom. The maximum atomic E-state index is 12.8. The molecule has 0 fully saturated rings. The number of carbonyl (C=O) groups is 1. The Morgan fingerprint density at radius 1 is 0.848 bits per heavy atom. The number of amides is 1. The van der Waals surface area contributed by atoms with Crippen LogP contribution >= 0.6 is 11.6 Å². The van der Waals surface area contributed by atoms with Crippen molar-refractivity contribution in [2.24, 2.45) is 0 Å². The average molecular weight is 507 g/mol. The van der Waals surface area contributed by atoms with Crippen molar-refractivity contribution in [1.82, 2.24) is 5.32 Å². The van der Waals surface area contributed by atoms with Gasteiger partial charge in [-0.1, -0.05) is 23.7 Å². The summed E-state index contributed by atoms with van der Waals surface area (Å²) in [7, 11) is -5.64. The van der Waals surface area contributed by atoms with Crippen molar-refractivity contribution in [2.45, 2.75) is 22.8 Å². The standard InChI is InChI=1S/C23H23ClN2O5S2/c1-16(17-6-12-21(13-7-17)32(3,28)29)25-23(27)18-4-10-20(11-5-18)26(2)33(30,31)22-14-8-19(24)9-15-22/h4-16H,1-3H3,(H,25,27). The van der Waals surface area contributed by atoms with Gasteiger partial charge in [-0.25, -0.2) is 16.8 Å². The first kappa shape index (κ1) is 24.8. The van der Waals surface area contributed by atoms with Crippen LogP contribution in [-0.4, -0.2) is 36.0 Å². The number of nitrogens with zero attached hydrogens (tertiary/aromatic N) is 1. The summed E-state index contributed by atoms with van der Waals surface area (Å²) in [6.45, 7) is 1.79. The molecule has 3 aromatic rings. The summed E-state index contributed by atoms with van der Waals surface area (Å²) in [5.41, 5.74) is 1.50. The van der Waals surface area contributed by atoms with Gasteiger partial charge in [0.05, 0.1) is 21.5 Å². The Morgan fingerprint density at radius 3 is 1.88 bits per heavy atom. The second-order valence-electron chi connectivity index (χ2n) is 7.51. The molecule has 0 aliphatic carbocycles. The Bertz CT molecular complexity index is 1350. The number of sulfonamides is 1. The van der Waals surface area contributed by atoms with Crippen LogP contribution in [0, 0.1) is 0 Å². The highest BCUT2D eigenvalue weighted by Gasteiger charge is 2.21. The zero-order chi connectivity index (χ0) is 24.4. The van der Waals surface area contributed by atoms with Gasteiger partial charge >= 0.3 is 0 Å². The summed E-state index contributed by atoms with van der Waals surface area (Å²) < 4.78 is 49.9. The highest BCUT2D eigenvalue weighted by molar-refractivity contribution is 7.92. The van der Waals surface area contributed by atoms with Gasteiger partial charge in [-0.2, -0.15) is 0 Å². The molecule has 7 nitrogen and oxygen atoms in total. The Kier molecular flexibility index (Phi) is 7.16. The largest absolute Gasteiger partial charge is 0.346 e. The van der Waals surface area contributed by atoms with Crippen molar-refractivity contribution >= 4 is 43.1 Å². The zero-order valence-corrected chi connectivity index (χ0v) is 20.6. The summed E-state index contributed by atoms with van der Waals surface area (Å²) in [6.07, 6.45) is 1.13. The molecule has 3 rings (SSSR count). The van der Waals surface area contributed by atoms with E-state index in [1.54, 1.807) is 31.2 Å². The smallest absolute Gasteiger partial charge is 0.264 e. The fraction of sp³-hybridized carbons (Fsp3) is 0.174. The fourth-order valence-electron chi connectivity index (χ4n) is 3.09. The molecule has 0 spiro atoms. The van der Waals surface area contributed by atoms with E-state index in [1.165, 1.54) is 55.6 Å². The van der Waals surface area contributed by atoms with Crippen LogP contribution in [0.25, 0.3) is 0 Å². The topological polar surface area (TPSA) is 101 Å². The van der Waals surface area contributed by atoms with Crippen molar-refractivity contribution in [3.63, 3.8) is 0 Å². The van der Waals surface area contributed by atoms with Gasteiger partial charge in [-0.3, -0.25) is 9.10 Å². The number of hydrogen-bond acceptors (Lipinski definition) is 5. The first-order valence-corrected chi connectivity index (χ1v) is 13.6. The van der Waals surface area contributed by atoms with Gasteiger partial charge in [0.2, 0.25) is 0 Å². The van der Waals surface area contributed by atoms with Crippen molar-refractivity contribution in [1.29, 1.82) is 0 Å². The van der Waals surface area contributed by atoms with E-state index in [4.69, 9.17) is 11.6 Å². The van der Waals surface area contributed by atoms with E-state index in [9.17, 15) is 21.6 Å². The Hall–Kier alpha value is -2.88. The highest BCUT2D eigenvalue weighted by atomic mass is 35.5. The zero-order valence-electron chi connectivity index (χ0n) is 18.2. The van der Waals surface area contributed by atoms with E-state index in [0.717, 1.165) is 16.1 Å². The number of halogens is 1. The van der Waals surface area contributed by atoms with Crippen LogP contribution in [0.5, 0.6) is 0 Å². The normalized spacial score (nSPS) is 12.7. The average Bonchev–Trinajstić information content (AvgIpc) is 2.78. The molecule has 1 N–H and O–H groups in total. The van der Waals surface area contributed by atoms with Crippen LogP contribution in [0.1, 0.15) is 28.9 Å². The molecule has 1 amide bonds. The number of carbonyl (C=O) groups excluding carboxylic acids is 1. The predicted molar refractivity (Wildman–Crippen MR) is 129 cm³/mol. The van der Waals surface area contributed by atoms with Crippen LogP contribution in [-0.2, 0) is 19.9 Å². The molecular formula is C23H23ClN2O5S2. The van der Waals surface area contributed by atoms with Gasteiger partial charge in [0, 0.05) is 23.9 Å². The predicted octanol–water partition coefficient (Wildman–Crippen LogP) is 4.06. The quantitative estimate of drug-likeness (QED) is 0.520.